The highest BCUT2D eigenvalue weighted by molar-refractivity contribution is 7.87. The molecule has 1 heterocycles. The van der Waals surface area contributed by atoms with Crippen molar-refractivity contribution in [1.29, 1.82) is 0 Å². The number of benzene rings is 2. The maximum atomic E-state index is 12.7. The van der Waals surface area contributed by atoms with Crippen molar-refractivity contribution >= 4 is 16.1 Å². The van der Waals surface area contributed by atoms with Gasteiger partial charge in [-0.2, -0.15) is 17.4 Å². The number of fused-ring (bicyclic) bond motifs is 1. The van der Waals surface area contributed by atoms with Gasteiger partial charge in [0.15, 0.2) is 0 Å². The molecule has 0 bridgehead atoms. The third kappa shape index (κ3) is 3.48. The molecule has 1 atom stereocenters. The van der Waals surface area contributed by atoms with Gasteiger partial charge in [0.25, 0.3) is 10.2 Å². The summed E-state index contributed by atoms with van der Waals surface area (Å²) in [5.41, 5.74) is 8.13. The molecule has 6 nitrogen and oxygen atoms in total. The maximum Gasteiger partial charge on any atom is 0.280 e. The minimum absolute atomic E-state index is 0.133. The van der Waals surface area contributed by atoms with Gasteiger partial charge in [0.1, 0.15) is 6.04 Å². The lowest BCUT2D eigenvalue weighted by atomic mass is 9.96. The number of hydrogen-bond donors (Lipinski definition) is 2. The first kappa shape index (κ1) is 16.6. The molecule has 1 aliphatic heterocycles. The number of rotatable bonds is 5. The van der Waals surface area contributed by atoms with Crippen LogP contribution in [0, 0.1) is 0 Å². The van der Waals surface area contributed by atoms with E-state index in [1.807, 2.05) is 54.6 Å². The number of nitrogens with zero attached hydrogens (tertiary/aromatic N) is 1. The van der Waals surface area contributed by atoms with Crippen LogP contribution in [0.25, 0.3) is 0 Å². The molecule has 0 saturated carbocycles. The van der Waals surface area contributed by atoms with E-state index in [1.165, 1.54) is 0 Å². The van der Waals surface area contributed by atoms with Crippen molar-refractivity contribution in [3.8, 4) is 0 Å². The summed E-state index contributed by atoms with van der Waals surface area (Å²) in [5, 5.41) is 0. The van der Waals surface area contributed by atoms with E-state index in [4.69, 9.17) is 5.73 Å². The Hall–Kier alpha value is -2.22. The molecule has 0 spiro atoms. The summed E-state index contributed by atoms with van der Waals surface area (Å²) >= 11 is 0. The molecule has 3 rings (SSSR count). The smallest absolute Gasteiger partial charge is 0.280 e. The minimum Gasteiger partial charge on any atom is -0.368 e. The van der Waals surface area contributed by atoms with Crippen LogP contribution in [0.2, 0.25) is 0 Å². The molecule has 0 unspecified atom stereocenters. The fraction of sp³-hybridized carbons (Fsp3) is 0.235. The van der Waals surface area contributed by atoms with E-state index in [0.717, 1.165) is 21.0 Å². The Morgan fingerprint density at radius 1 is 1.08 bits per heavy atom. The lowest BCUT2D eigenvalue weighted by Gasteiger charge is -2.34. The van der Waals surface area contributed by atoms with Crippen LogP contribution in [0.15, 0.2) is 54.6 Å². The lowest BCUT2D eigenvalue weighted by Crippen LogP contribution is -2.54. The zero-order valence-electron chi connectivity index (χ0n) is 13.1. The Morgan fingerprint density at radius 3 is 2.38 bits per heavy atom. The van der Waals surface area contributed by atoms with Crippen molar-refractivity contribution in [3.05, 3.63) is 71.3 Å². The maximum absolute atomic E-state index is 12.7. The van der Waals surface area contributed by atoms with Crippen LogP contribution in [0.4, 0.5) is 0 Å². The Kier molecular flexibility index (Phi) is 4.66. The molecule has 0 fully saturated rings. The molecule has 2 aromatic carbocycles. The lowest BCUT2D eigenvalue weighted by molar-refractivity contribution is -0.122. The standard InChI is InChI=1S/C17H19N3O3S/c18-17(21)16-10-14-8-4-5-9-15(14)12-20(16)24(22,23)19-11-13-6-2-1-3-7-13/h1-9,16,19H,10-12H2,(H2,18,21)/t16-/m0/s1. The zero-order chi connectivity index (χ0) is 17.2. The summed E-state index contributed by atoms with van der Waals surface area (Å²) in [6.07, 6.45) is 0.289. The van der Waals surface area contributed by atoms with Gasteiger partial charge >= 0.3 is 0 Å². The van der Waals surface area contributed by atoms with Gasteiger partial charge in [-0.15, -0.1) is 0 Å². The molecular weight excluding hydrogens is 326 g/mol. The van der Waals surface area contributed by atoms with Crippen LogP contribution in [0.5, 0.6) is 0 Å². The molecule has 2 aromatic rings. The molecular formula is C17H19N3O3S. The summed E-state index contributed by atoms with van der Waals surface area (Å²) in [6, 6.07) is 15.8. The number of primary amides is 1. The molecule has 24 heavy (non-hydrogen) atoms. The Balaban J connectivity index is 1.83. The molecule has 7 heteroatoms. The molecule has 0 radical (unpaired) electrons. The average Bonchev–Trinajstić information content (AvgIpc) is 2.60. The highest BCUT2D eigenvalue weighted by Crippen LogP contribution is 2.25. The third-order valence-electron chi connectivity index (χ3n) is 4.14. The third-order valence-corrected chi connectivity index (χ3v) is 5.65. The normalized spacial score (nSPS) is 18.1. The molecule has 1 aliphatic rings. The number of amides is 1. The molecule has 0 saturated heterocycles. The molecule has 126 valence electrons. The first-order chi connectivity index (χ1) is 11.5. The Labute approximate surface area is 141 Å². The molecule has 3 N–H and O–H groups in total. The second kappa shape index (κ2) is 6.72. The quantitative estimate of drug-likeness (QED) is 0.844. The number of hydrogen-bond acceptors (Lipinski definition) is 3. The number of nitrogens with two attached hydrogens (primary N) is 1. The van der Waals surface area contributed by atoms with Crippen LogP contribution in [0.1, 0.15) is 16.7 Å². The van der Waals surface area contributed by atoms with Gasteiger partial charge in [-0.3, -0.25) is 4.79 Å². The van der Waals surface area contributed by atoms with Gasteiger partial charge in [0.2, 0.25) is 5.91 Å². The van der Waals surface area contributed by atoms with Crippen LogP contribution in [-0.4, -0.2) is 24.7 Å². The van der Waals surface area contributed by atoms with E-state index < -0.39 is 22.2 Å². The fourth-order valence-electron chi connectivity index (χ4n) is 2.85. The zero-order valence-corrected chi connectivity index (χ0v) is 13.9. The van der Waals surface area contributed by atoms with Crippen molar-refractivity contribution in [3.63, 3.8) is 0 Å². The van der Waals surface area contributed by atoms with Crippen LogP contribution in [0.3, 0.4) is 0 Å². The van der Waals surface area contributed by atoms with Gasteiger partial charge in [-0.05, 0) is 23.1 Å². The first-order valence-electron chi connectivity index (χ1n) is 7.64. The summed E-state index contributed by atoms with van der Waals surface area (Å²) in [5.74, 6) is -0.644. The number of nitrogens with one attached hydrogen (secondary N) is 1. The van der Waals surface area contributed by atoms with Gasteiger partial charge < -0.3 is 5.73 Å². The summed E-state index contributed by atoms with van der Waals surface area (Å²) < 4.78 is 29.1. The molecule has 0 aromatic heterocycles. The Bertz CT molecular complexity index is 837. The van der Waals surface area contributed by atoms with Crippen molar-refractivity contribution in [2.75, 3.05) is 0 Å². The van der Waals surface area contributed by atoms with Crippen molar-refractivity contribution in [1.82, 2.24) is 9.03 Å². The van der Waals surface area contributed by atoms with E-state index in [1.54, 1.807) is 0 Å². The molecule has 0 aliphatic carbocycles. The topological polar surface area (TPSA) is 92.5 Å². The van der Waals surface area contributed by atoms with Gasteiger partial charge in [0, 0.05) is 13.1 Å². The Morgan fingerprint density at radius 2 is 1.71 bits per heavy atom. The van der Waals surface area contributed by atoms with E-state index >= 15 is 0 Å². The minimum atomic E-state index is -3.84. The highest BCUT2D eigenvalue weighted by Gasteiger charge is 2.37. The predicted octanol–water partition coefficient (Wildman–Crippen LogP) is 0.933. The van der Waals surface area contributed by atoms with Gasteiger partial charge in [-0.1, -0.05) is 54.6 Å². The van der Waals surface area contributed by atoms with E-state index in [2.05, 4.69) is 4.72 Å². The fourth-order valence-corrected chi connectivity index (χ4v) is 4.18. The van der Waals surface area contributed by atoms with Gasteiger partial charge in [-0.25, -0.2) is 0 Å². The number of carbonyl (C=O) groups is 1. The second-order valence-electron chi connectivity index (χ2n) is 5.75. The van der Waals surface area contributed by atoms with E-state index in [9.17, 15) is 13.2 Å². The summed E-state index contributed by atoms with van der Waals surface area (Å²) in [4.78, 5) is 11.8. The monoisotopic (exact) mass is 345 g/mol. The van der Waals surface area contributed by atoms with Crippen LogP contribution >= 0.6 is 0 Å². The van der Waals surface area contributed by atoms with E-state index in [-0.39, 0.29) is 19.5 Å². The van der Waals surface area contributed by atoms with Crippen molar-refractivity contribution in [2.45, 2.75) is 25.6 Å². The van der Waals surface area contributed by atoms with Crippen LogP contribution in [-0.2, 0) is 34.5 Å². The number of carbonyl (C=O) groups excluding carboxylic acids is 1. The van der Waals surface area contributed by atoms with Gasteiger partial charge in [0.05, 0.1) is 0 Å². The van der Waals surface area contributed by atoms with Crippen LogP contribution < -0.4 is 10.5 Å². The SMILES string of the molecule is NC(=O)[C@@H]1Cc2ccccc2CN1S(=O)(=O)NCc1ccccc1. The summed E-state index contributed by atoms with van der Waals surface area (Å²) in [6.45, 7) is 0.292. The average molecular weight is 345 g/mol. The highest BCUT2D eigenvalue weighted by atomic mass is 32.2. The van der Waals surface area contributed by atoms with Crippen molar-refractivity contribution < 1.29 is 13.2 Å². The summed E-state index contributed by atoms with van der Waals surface area (Å²) in [7, 11) is -3.84. The predicted molar refractivity (Wildman–Crippen MR) is 90.9 cm³/mol. The largest absolute Gasteiger partial charge is 0.368 e. The molecule has 1 amide bonds. The first-order valence-corrected chi connectivity index (χ1v) is 9.08. The second-order valence-corrected chi connectivity index (χ2v) is 7.46. The van der Waals surface area contributed by atoms with E-state index in [0.29, 0.717) is 0 Å². The van der Waals surface area contributed by atoms with Crippen molar-refractivity contribution in [2.24, 2.45) is 5.73 Å².